The molecule has 0 aliphatic heterocycles. The molecule has 1 heterocycles. The molecule has 0 saturated carbocycles. The number of hydrogen-bond acceptors (Lipinski definition) is 5. The number of nitrogens with two attached hydrogens (primary N) is 1. The zero-order valence-electron chi connectivity index (χ0n) is 11.0. The zero-order valence-corrected chi connectivity index (χ0v) is 13.4. The molecule has 0 saturated heterocycles. The highest BCUT2D eigenvalue weighted by Crippen LogP contribution is 2.26. The first-order valence-electron chi connectivity index (χ1n) is 5.76. The van der Waals surface area contributed by atoms with E-state index in [0.29, 0.717) is 15.6 Å². The summed E-state index contributed by atoms with van der Waals surface area (Å²) in [5.74, 6) is 0. The van der Waals surface area contributed by atoms with Gasteiger partial charge in [-0.3, -0.25) is 0 Å². The molecule has 5 nitrogen and oxygen atoms in total. The fourth-order valence-corrected chi connectivity index (χ4v) is 3.94. The second-order valence-corrected chi connectivity index (χ2v) is 7.43. The van der Waals surface area contributed by atoms with Crippen molar-refractivity contribution in [2.45, 2.75) is 25.3 Å². The molecule has 108 valence electrons. The van der Waals surface area contributed by atoms with E-state index in [2.05, 4.69) is 9.71 Å². The third-order valence-corrected chi connectivity index (χ3v) is 5.50. The minimum atomic E-state index is -3.64. The lowest BCUT2D eigenvalue weighted by Gasteiger charge is -2.10. The molecule has 0 atom stereocenters. The largest absolute Gasteiger partial charge is 0.397 e. The number of aryl methyl sites for hydroxylation is 2. The van der Waals surface area contributed by atoms with Crippen LogP contribution < -0.4 is 10.5 Å². The molecule has 3 N–H and O–H groups in total. The van der Waals surface area contributed by atoms with Crippen LogP contribution >= 0.6 is 22.9 Å². The number of nitrogens with zero attached hydrogens (tertiary/aromatic N) is 1. The van der Waals surface area contributed by atoms with Crippen LogP contribution in [0.15, 0.2) is 22.4 Å². The molecule has 2 aromatic rings. The second-order valence-electron chi connectivity index (χ2n) is 4.35. The van der Waals surface area contributed by atoms with Crippen LogP contribution in [0.25, 0.3) is 0 Å². The van der Waals surface area contributed by atoms with Crippen molar-refractivity contribution in [1.82, 2.24) is 9.71 Å². The molecule has 0 unspecified atom stereocenters. The maximum atomic E-state index is 12.3. The van der Waals surface area contributed by atoms with Crippen LogP contribution in [0.3, 0.4) is 0 Å². The monoisotopic (exact) mass is 331 g/mol. The van der Waals surface area contributed by atoms with Gasteiger partial charge in [-0.15, -0.1) is 11.3 Å². The number of hydrogen-bond donors (Lipinski definition) is 2. The number of aromatic nitrogens is 1. The zero-order chi connectivity index (χ0) is 14.9. The van der Waals surface area contributed by atoms with Crippen LogP contribution in [0.5, 0.6) is 0 Å². The number of thiazole rings is 1. The molecule has 0 fully saturated rings. The Morgan fingerprint density at radius 3 is 2.70 bits per heavy atom. The third kappa shape index (κ3) is 3.29. The second kappa shape index (κ2) is 5.69. The lowest BCUT2D eigenvalue weighted by atomic mass is 10.2. The molecule has 0 aliphatic carbocycles. The summed E-state index contributed by atoms with van der Waals surface area (Å²) < 4.78 is 27.0. The molecule has 0 aliphatic rings. The first-order chi connectivity index (χ1) is 9.29. The van der Waals surface area contributed by atoms with Crippen molar-refractivity contribution < 1.29 is 8.42 Å². The molecule has 8 heteroatoms. The fourth-order valence-electron chi connectivity index (χ4n) is 1.68. The van der Waals surface area contributed by atoms with Gasteiger partial charge in [-0.25, -0.2) is 18.1 Å². The van der Waals surface area contributed by atoms with E-state index in [1.165, 1.54) is 17.4 Å². The number of anilines is 1. The lowest BCUT2D eigenvalue weighted by molar-refractivity contribution is 0.580. The minimum Gasteiger partial charge on any atom is -0.397 e. The highest BCUT2D eigenvalue weighted by Gasteiger charge is 2.18. The maximum Gasteiger partial charge on any atom is 0.241 e. The summed E-state index contributed by atoms with van der Waals surface area (Å²) >= 11 is 7.27. The summed E-state index contributed by atoms with van der Waals surface area (Å²) in [5.41, 5.74) is 7.32. The number of sulfonamides is 1. The molecule has 0 amide bonds. The van der Waals surface area contributed by atoms with Crippen LogP contribution in [0.1, 0.15) is 16.3 Å². The first kappa shape index (κ1) is 15.2. The normalized spacial score (nSPS) is 11.8. The van der Waals surface area contributed by atoms with Crippen molar-refractivity contribution in [3.8, 4) is 0 Å². The van der Waals surface area contributed by atoms with Gasteiger partial charge in [0.2, 0.25) is 10.0 Å². The predicted octanol–water partition coefficient (Wildman–Crippen LogP) is 2.47. The van der Waals surface area contributed by atoms with Gasteiger partial charge in [0.15, 0.2) is 0 Å². The van der Waals surface area contributed by atoms with E-state index >= 15 is 0 Å². The average Bonchev–Trinajstić information content (AvgIpc) is 2.77. The quantitative estimate of drug-likeness (QED) is 0.843. The molecule has 20 heavy (non-hydrogen) atoms. The van der Waals surface area contributed by atoms with Gasteiger partial charge in [0.1, 0.15) is 5.01 Å². The van der Waals surface area contributed by atoms with Gasteiger partial charge in [-0.2, -0.15) is 0 Å². The van der Waals surface area contributed by atoms with Gasteiger partial charge in [-0.05, 0) is 31.5 Å². The number of rotatable bonds is 4. The molecule has 2 rings (SSSR count). The third-order valence-electron chi connectivity index (χ3n) is 2.66. The molecule has 1 aromatic carbocycles. The lowest BCUT2D eigenvalue weighted by Crippen LogP contribution is -2.24. The fraction of sp³-hybridized carbons (Fsp3) is 0.250. The van der Waals surface area contributed by atoms with Gasteiger partial charge in [-0.1, -0.05) is 11.6 Å². The topological polar surface area (TPSA) is 85.1 Å². The minimum absolute atomic E-state index is 0.132. The highest BCUT2D eigenvalue weighted by molar-refractivity contribution is 7.89. The van der Waals surface area contributed by atoms with E-state index in [1.54, 1.807) is 13.0 Å². The van der Waals surface area contributed by atoms with E-state index in [4.69, 9.17) is 17.3 Å². The van der Waals surface area contributed by atoms with E-state index in [0.717, 1.165) is 5.69 Å². The van der Waals surface area contributed by atoms with E-state index in [9.17, 15) is 8.42 Å². The Morgan fingerprint density at radius 2 is 2.10 bits per heavy atom. The predicted molar refractivity (Wildman–Crippen MR) is 81.5 cm³/mol. The molecule has 0 bridgehead atoms. The van der Waals surface area contributed by atoms with Crippen LogP contribution in [0.2, 0.25) is 5.02 Å². The van der Waals surface area contributed by atoms with Gasteiger partial charge in [0, 0.05) is 11.1 Å². The molecule has 0 spiro atoms. The SMILES string of the molecule is Cc1csc(CNS(=O)(=O)c2cc(N)c(Cl)cc2C)n1. The first-order valence-corrected chi connectivity index (χ1v) is 8.50. The summed E-state index contributed by atoms with van der Waals surface area (Å²) in [6.07, 6.45) is 0. The van der Waals surface area contributed by atoms with Crippen molar-refractivity contribution in [2.24, 2.45) is 0 Å². The van der Waals surface area contributed by atoms with Crippen molar-refractivity contribution in [3.05, 3.63) is 38.8 Å². The van der Waals surface area contributed by atoms with Gasteiger partial charge < -0.3 is 5.73 Å². The standard InChI is InChI=1S/C12H14ClN3O2S2/c1-7-3-9(13)10(14)4-11(7)20(17,18)15-5-12-16-8(2)6-19-12/h3-4,6,15H,5,14H2,1-2H3. The van der Waals surface area contributed by atoms with E-state index < -0.39 is 10.0 Å². The van der Waals surface area contributed by atoms with E-state index in [-0.39, 0.29) is 17.1 Å². The Balaban J connectivity index is 2.24. The molecular weight excluding hydrogens is 318 g/mol. The summed E-state index contributed by atoms with van der Waals surface area (Å²) in [6.45, 7) is 3.69. The van der Waals surface area contributed by atoms with E-state index in [1.807, 2.05) is 12.3 Å². The number of halogens is 1. The summed E-state index contributed by atoms with van der Waals surface area (Å²) in [5, 5.41) is 2.93. The van der Waals surface area contributed by atoms with Crippen molar-refractivity contribution in [1.29, 1.82) is 0 Å². The Bertz CT molecular complexity index is 741. The van der Waals surface area contributed by atoms with Crippen molar-refractivity contribution in [2.75, 3.05) is 5.73 Å². The Labute approximate surface area is 126 Å². The average molecular weight is 332 g/mol. The van der Waals surface area contributed by atoms with Crippen LogP contribution in [0, 0.1) is 13.8 Å². The number of benzene rings is 1. The number of nitrogen functional groups attached to an aromatic ring is 1. The molecule has 1 aromatic heterocycles. The van der Waals surface area contributed by atoms with Crippen molar-refractivity contribution >= 4 is 38.6 Å². The van der Waals surface area contributed by atoms with Gasteiger partial charge in [0.05, 0.1) is 22.2 Å². The summed E-state index contributed by atoms with van der Waals surface area (Å²) in [4.78, 5) is 4.34. The highest BCUT2D eigenvalue weighted by atomic mass is 35.5. The van der Waals surface area contributed by atoms with Crippen LogP contribution in [-0.4, -0.2) is 13.4 Å². The summed E-state index contributed by atoms with van der Waals surface area (Å²) in [6, 6.07) is 2.91. The molecular formula is C12H14ClN3O2S2. The van der Waals surface area contributed by atoms with Crippen LogP contribution in [0.4, 0.5) is 5.69 Å². The Kier molecular flexibility index (Phi) is 4.33. The van der Waals surface area contributed by atoms with Gasteiger partial charge >= 0.3 is 0 Å². The Morgan fingerprint density at radius 1 is 1.40 bits per heavy atom. The smallest absolute Gasteiger partial charge is 0.241 e. The molecule has 0 radical (unpaired) electrons. The van der Waals surface area contributed by atoms with Crippen molar-refractivity contribution in [3.63, 3.8) is 0 Å². The van der Waals surface area contributed by atoms with Crippen LogP contribution in [-0.2, 0) is 16.6 Å². The summed E-state index contributed by atoms with van der Waals surface area (Å²) in [7, 11) is -3.64. The van der Waals surface area contributed by atoms with Gasteiger partial charge in [0.25, 0.3) is 0 Å². The Hall–Kier alpha value is -1.15. The number of nitrogens with one attached hydrogen (secondary N) is 1. The maximum absolute atomic E-state index is 12.3.